The highest BCUT2D eigenvalue weighted by Gasteiger charge is 2.38. The second-order valence-corrected chi connectivity index (χ2v) is 10.9. The predicted octanol–water partition coefficient (Wildman–Crippen LogP) is 2.88. The fourth-order valence-electron chi connectivity index (χ4n) is 1.46. The summed E-state index contributed by atoms with van der Waals surface area (Å²) in [6.45, 7) is 14.1. The number of nitrogen functional groups attached to an aromatic ring is 1. The molecule has 0 aromatic carbocycles. The number of rotatable bonds is 4. The maximum Gasteiger partial charge on any atom is 0.192 e. The second kappa shape index (κ2) is 4.82. The molecule has 5 heteroatoms. The molecular weight excluding hydrogens is 230 g/mol. The summed E-state index contributed by atoms with van der Waals surface area (Å²) in [5, 5.41) is 4.41. The van der Waals surface area contributed by atoms with Gasteiger partial charge in [-0.05, 0) is 31.1 Å². The smallest absolute Gasteiger partial charge is 0.192 e. The SMILES string of the molecule is CC(Cn1ccc(N)n1)O[Si](C)(C)C(C)(C)C. The third-order valence-corrected chi connectivity index (χ3v) is 8.01. The van der Waals surface area contributed by atoms with E-state index in [-0.39, 0.29) is 11.1 Å². The van der Waals surface area contributed by atoms with Crippen molar-refractivity contribution in [1.29, 1.82) is 0 Å². The number of hydrogen-bond donors (Lipinski definition) is 1. The summed E-state index contributed by atoms with van der Waals surface area (Å²) in [4.78, 5) is 0. The van der Waals surface area contributed by atoms with Gasteiger partial charge in [0.25, 0.3) is 0 Å². The van der Waals surface area contributed by atoms with Gasteiger partial charge in [-0.25, -0.2) is 0 Å². The molecule has 0 bridgehead atoms. The van der Waals surface area contributed by atoms with E-state index in [0.29, 0.717) is 5.82 Å². The number of aromatic nitrogens is 2. The van der Waals surface area contributed by atoms with E-state index in [1.807, 2.05) is 10.9 Å². The first-order valence-corrected chi connectivity index (χ1v) is 8.99. The average Bonchev–Trinajstić information content (AvgIpc) is 2.47. The molecule has 1 heterocycles. The molecule has 1 unspecified atom stereocenters. The van der Waals surface area contributed by atoms with E-state index in [2.05, 4.69) is 45.9 Å². The van der Waals surface area contributed by atoms with Crippen molar-refractivity contribution in [2.24, 2.45) is 0 Å². The normalized spacial score (nSPS) is 14.9. The first-order valence-electron chi connectivity index (χ1n) is 6.08. The van der Waals surface area contributed by atoms with E-state index < -0.39 is 8.32 Å². The van der Waals surface area contributed by atoms with Gasteiger partial charge in [-0.1, -0.05) is 20.8 Å². The standard InChI is InChI=1S/C12H25N3OSi/c1-10(9-15-8-7-11(13)14-15)16-17(5,6)12(2,3)4/h7-8,10H,9H2,1-6H3,(H2,13,14). The van der Waals surface area contributed by atoms with Crippen LogP contribution in [0.5, 0.6) is 0 Å². The van der Waals surface area contributed by atoms with Crippen LogP contribution in [0.3, 0.4) is 0 Å². The molecule has 1 atom stereocenters. The summed E-state index contributed by atoms with van der Waals surface area (Å²) in [5.41, 5.74) is 5.59. The largest absolute Gasteiger partial charge is 0.412 e. The Balaban J connectivity index is 2.58. The summed E-state index contributed by atoms with van der Waals surface area (Å²) in [6.07, 6.45) is 2.05. The van der Waals surface area contributed by atoms with Crippen LogP contribution < -0.4 is 5.73 Å². The fourth-order valence-corrected chi connectivity index (χ4v) is 2.89. The summed E-state index contributed by atoms with van der Waals surface area (Å²) in [6, 6.07) is 1.80. The van der Waals surface area contributed by atoms with Gasteiger partial charge in [0.05, 0.1) is 12.6 Å². The molecule has 0 radical (unpaired) electrons. The molecule has 0 aliphatic carbocycles. The van der Waals surface area contributed by atoms with Crippen molar-refractivity contribution in [2.45, 2.75) is 58.5 Å². The van der Waals surface area contributed by atoms with Gasteiger partial charge in [0.15, 0.2) is 8.32 Å². The highest BCUT2D eigenvalue weighted by Crippen LogP contribution is 2.37. The van der Waals surface area contributed by atoms with Crippen LogP contribution >= 0.6 is 0 Å². The Kier molecular flexibility index (Phi) is 4.04. The van der Waals surface area contributed by atoms with Gasteiger partial charge < -0.3 is 10.2 Å². The molecule has 1 aromatic heterocycles. The van der Waals surface area contributed by atoms with Crippen molar-refractivity contribution >= 4 is 14.1 Å². The Bertz CT molecular complexity index is 368. The van der Waals surface area contributed by atoms with Crippen molar-refractivity contribution in [1.82, 2.24) is 9.78 Å². The average molecular weight is 255 g/mol. The predicted molar refractivity (Wildman–Crippen MR) is 74.4 cm³/mol. The highest BCUT2D eigenvalue weighted by atomic mass is 28.4. The van der Waals surface area contributed by atoms with E-state index >= 15 is 0 Å². The van der Waals surface area contributed by atoms with Gasteiger partial charge in [-0.2, -0.15) is 5.10 Å². The topological polar surface area (TPSA) is 53.1 Å². The monoisotopic (exact) mass is 255 g/mol. The Labute approximate surface area is 105 Å². The molecular formula is C12H25N3OSi. The van der Waals surface area contributed by atoms with Gasteiger partial charge in [-0.15, -0.1) is 0 Å². The third kappa shape index (κ3) is 3.85. The Hall–Kier alpha value is -0.813. The fraction of sp³-hybridized carbons (Fsp3) is 0.750. The molecule has 1 rings (SSSR count). The zero-order valence-electron chi connectivity index (χ0n) is 11.8. The van der Waals surface area contributed by atoms with Crippen LogP contribution in [0.25, 0.3) is 0 Å². The molecule has 0 aliphatic heterocycles. The summed E-state index contributed by atoms with van der Waals surface area (Å²) >= 11 is 0. The molecule has 0 saturated heterocycles. The van der Waals surface area contributed by atoms with E-state index in [1.54, 1.807) is 6.07 Å². The van der Waals surface area contributed by atoms with Crippen LogP contribution in [0.2, 0.25) is 18.1 Å². The van der Waals surface area contributed by atoms with Crippen LogP contribution in [-0.4, -0.2) is 24.2 Å². The number of anilines is 1. The Morgan fingerprint density at radius 3 is 2.47 bits per heavy atom. The lowest BCUT2D eigenvalue weighted by Crippen LogP contribution is -2.44. The Morgan fingerprint density at radius 1 is 1.47 bits per heavy atom. The zero-order valence-corrected chi connectivity index (χ0v) is 12.8. The molecule has 98 valence electrons. The lowest BCUT2D eigenvalue weighted by Gasteiger charge is -2.38. The van der Waals surface area contributed by atoms with Gasteiger partial charge in [0.2, 0.25) is 0 Å². The van der Waals surface area contributed by atoms with Gasteiger partial charge in [-0.3, -0.25) is 4.68 Å². The zero-order chi connectivity index (χ0) is 13.3. The number of nitrogens with zero attached hydrogens (tertiary/aromatic N) is 2. The van der Waals surface area contributed by atoms with Gasteiger partial charge in [0, 0.05) is 6.20 Å². The quantitative estimate of drug-likeness (QED) is 0.842. The highest BCUT2D eigenvalue weighted by molar-refractivity contribution is 6.74. The molecule has 0 amide bonds. The first kappa shape index (κ1) is 14.2. The van der Waals surface area contributed by atoms with Crippen LogP contribution in [0, 0.1) is 0 Å². The number of nitrogens with two attached hydrogens (primary N) is 1. The van der Waals surface area contributed by atoms with E-state index in [1.165, 1.54) is 0 Å². The van der Waals surface area contributed by atoms with E-state index in [4.69, 9.17) is 10.2 Å². The third-order valence-electron chi connectivity index (χ3n) is 3.41. The molecule has 4 nitrogen and oxygen atoms in total. The van der Waals surface area contributed by atoms with Crippen LogP contribution in [0.4, 0.5) is 5.82 Å². The molecule has 17 heavy (non-hydrogen) atoms. The lowest BCUT2D eigenvalue weighted by atomic mass is 10.2. The van der Waals surface area contributed by atoms with Crippen molar-refractivity contribution in [3.63, 3.8) is 0 Å². The summed E-state index contributed by atoms with van der Waals surface area (Å²) < 4.78 is 8.09. The minimum atomic E-state index is -1.69. The molecule has 2 N–H and O–H groups in total. The van der Waals surface area contributed by atoms with Crippen molar-refractivity contribution in [3.8, 4) is 0 Å². The van der Waals surface area contributed by atoms with Crippen LogP contribution in [0.1, 0.15) is 27.7 Å². The van der Waals surface area contributed by atoms with Crippen LogP contribution in [0.15, 0.2) is 12.3 Å². The minimum absolute atomic E-state index is 0.162. The van der Waals surface area contributed by atoms with Crippen molar-refractivity contribution in [2.75, 3.05) is 5.73 Å². The van der Waals surface area contributed by atoms with Crippen LogP contribution in [-0.2, 0) is 11.0 Å². The van der Waals surface area contributed by atoms with Crippen molar-refractivity contribution < 1.29 is 4.43 Å². The maximum absolute atomic E-state index is 6.25. The lowest BCUT2D eigenvalue weighted by molar-refractivity contribution is 0.174. The van der Waals surface area contributed by atoms with Crippen molar-refractivity contribution in [3.05, 3.63) is 12.3 Å². The second-order valence-electron chi connectivity index (χ2n) is 6.15. The Morgan fingerprint density at radius 2 is 2.06 bits per heavy atom. The van der Waals surface area contributed by atoms with Gasteiger partial charge in [0.1, 0.15) is 5.82 Å². The summed E-state index contributed by atoms with van der Waals surface area (Å²) in [5.74, 6) is 0.560. The minimum Gasteiger partial charge on any atom is -0.412 e. The first-order chi connectivity index (χ1) is 7.62. The molecule has 0 aliphatic rings. The van der Waals surface area contributed by atoms with Gasteiger partial charge >= 0.3 is 0 Å². The number of hydrogen-bond acceptors (Lipinski definition) is 3. The molecule has 0 saturated carbocycles. The molecule has 0 spiro atoms. The molecule has 0 fully saturated rings. The molecule has 1 aromatic rings. The van der Waals surface area contributed by atoms with E-state index in [0.717, 1.165) is 6.54 Å². The summed E-state index contributed by atoms with van der Waals surface area (Å²) in [7, 11) is -1.69. The maximum atomic E-state index is 6.25. The van der Waals surface area contributed by atoms with E-state index in [9.17, 15) is 0 Å².